The van der Waals surface area contributed by atoms with Crippen LogP contribution in [0.25, 0.3) is 27.3 Å². The van der Waals surface area contributed by atoms with E-state index in [1.54, 1.807) is 19.1 Å². The average Bonchev–Trinajstić information content (AvgIpc) is 3.29. The highest BCUT2D eigenvalue weighted by Gasteiger charge is 2.22. The quantitative estimate of drug-likeness (QED) is 0.531. The fourth-order valence-corrected chi connectivity index (χ4v) is 3.66. The molecule has 27 heavy (non-hydrogen) atoms. The van der Waals surface area contributed by atoms with Crippen LogP contribution in [0.1, 0.15) is 28.0 Å². The molecule has 0 spiro atoms. The van der Waals surface area contributed by atoms with Crippen molar-refractivity contribution in [1.29, 1.82) is 0 Å². The van der Waals surface area contributed by atoms with Crippen LogP contribution in [0.4, 0.5) is 8.78 Å². The van der Waals surface area contributed by atoms with Gasteiger partial charge in [-0.25, -0.2) is 23.2 Å². The molecule has 0 aliphatic heterocycles. The van der Waals surface area contributed by atoms with Crippen molar-refractivity contribution in [2.75, 3.05) is 0 Å². The number of nitrogens with zero attached hydrogens (tertiary/aromatic N) is 3. The second-order valence-corrected chi connectivity index (χ2v) is 6.87. The molecule has 1 N–H and O–H groups in total. The molecule has 4 rings (SSSR count). The van der Waals surface area contributed by atoms with Crippen LogP contribution in [-0.4, -0.2) is 25.8 Å². The summed E-state index contributed by atoms with van der Waals surface area (Å²) >= 11 is 1.42. The number of alkyl halides is 2. The highest BCUT2D eigenvalue weighted by Crippen LogP contribution is 2.35. The van der Waals surface area contributed by atoms with E-state index < -0.39 is 12.4 Å². The largest absolute Gasteiger partial charge is 0.478 e. The summed E-state index contributed by atoms with van der Waals surface area (Å²) in [6, 6.07) is 11.1. The molecule has 1 aromatic carbocycles. The van der Waals surface area contributed by atoms with Gasteiger partial charge >= 0.3 is 5.97 Å². The van der Waals surface area contributed by atoms with Crippen molar-refractivity contribution in [1.82, 2.24) is 14.8 Å². The molecule has 0 radical (unpaired) electrons. The van der Waals surface area contributed by atoms with Gasteiger partial charge in [0.05, 0.1) is 32.9 Å². The number of hydrogen-bond donors (Lipinski definition) is 1. The molecule has 3 aromatic heterocycles. The Kier molecular flexibility index (Phi) is 4.19. The van der Waals surface area contributed by atoms with Gasteiger partial charge in [0.2, 0.25) is 0 Å². The Morgan fingerprint density at radius 3 is 2.56 bits per heavy atom. The molecule has 0 aliphatic rings. The van der Waals surface area contributed by atoms with Gasteiger partial charge in [-0.2, -0.15) is 5.10 Å². The molecule has 0 fully saturated rings. The molecule has 0 unspecified atom stereocenters. The number of carboxylic acids is 1. The first-order chi connectivity index (χ1) is 13.0. The van der Waals surface area contributed by atoms with Crippen LogP contribution in [0.2, 0.25) is 0 Å². The third-order valence-corrected chi connectivity index (χ3v) is 5.10. The summed E-state index contributed by atoms with van der Waals surface area (Å²) in [5.41, 5.74) is 1.77. The molecule has 0 aliphatic carbocycles. The summed E-state index contributed by atoms with van der Waals surface area (Å²) in [5.74, 6) is -1.04. The Hall–Kier alpha value is -3.13. The SMILES string of the molecule is Cc1nn(-c2ccc(C(=O)O)cc2)c2nc(-c3cccs3)cc(C(F)F)c12. The molecule has 8 heteroatoms. The zero-order chi connectivity index (χ0) is 19.1. The maximum atomic E-state index is 13.7. The lowest BCUT2D eigenvalue weighted by molar-refractivity contribution is 0.0697. The fraction of sp³-hybridized carbons (Fsp3) is 0.105. The minimum atomic E-state index is -2.67. The molecule has 5 nitrogen and oxygen atoms in total. The fourth-order valence-electron chi connectivity index (χ4n) is 2.97. The van der Waals surface area contributed by atoms with Crippen molar-refractivity contribution in [3.8, 4) is 16.3 Å². The van der Waals surface area contributed by atoms with Crippen molar-refractivity contribution in [2.24, 2.45) is 0 Å². The number of carboxylic acid groups (broad SMARTS) is 1. The summed E-state index contributed by atoms with van der Waals surface area (Å²) in [7, 11) is 0. The van der Waals surface area contributed by atoms with Crippen molar-refractivity contribution in [2.45, 2.75) is 13.3 Å². The summed E-state index contributed by atoms with van der Waals surface area (Å²) < 4.78 is 28.9. The summed E-state index contributed by atoms with van der Waals surface area (Å²) in [4.78, 5) is 16.4. The third-order valence-electron chi connectivity index (χ3n) is 4.21. The summed E-state index contributed by atoms with van der Waals surface area (Å²) in [6.07, 6.45) is -2.67. The minimum Gasteiger partial charge on any atom is -0.478 e. The van der Waals surface area contributed by atoms with Crippen molar-refractivity contribution in [3.05, 3.63) is 64.7 Å². The zero-order valence-corrected chi connectivity index (χ0v) is 14.9. The summed E-state index contributed by atoms with van der Waals surface area (Å²) in [5, 5.41) is 15.6. The van der Waals surface area contributed by atoms with Gasteiger partial charge in [0.1, 0.15) is 0 Å². The van der Waals surface area contributed by atoms with Gasteiger partial charge in [-0.05, 0) is 48.7 Å². The number of fused-ring (bicyclic) bond motifs is 1. The lowest BCUT2D eigenvalue weighted by atomic mass is 10.1. The number of aromatic nitrogens is 3. The Morgan fingerprint density at radius 2 is 1.96 bits per heavy atom. The minimum absolute atomic E-state index is 0.116. The van der Waals surface area contributed by atoms with Crippen molar-refractivity contribution in [3.63, 3.8) is 0 Å². The zero-order valence-electron chi connectivity index (χ0n) is 14.1. The highest BCUT2D eigenvalue weighted by atomic mass is 32.1. The van der Waals surface area contributed by atoms with E-state index in [1.165, 1.54) is 34.2 Å². The average molecular weight is 385 g/mol. The molecular formula is C19H13F2N3O2S. The van der Waals surface area contributed by atoms with E-state index in [2.05, 4.69) is 10.1 Å². The topological polar surface area (TPSA) is 68.0 Å². The normalized spacial score (nSPS) is 11.4. The van der Waals surface area contributed by atoms with Gasteiger partial charge in [0.25, 0.3) is 6.43 Å². The maximum absolute atomic E-state index is 13.7. The lowest BCUT2D eigenvalue weighted by Crippen LogP contribution is -2.01. The molecular weight excluding hydrogens is 372 g/mol. The molecule has 3 heterocycles. The Bertz CT molecular complexity index is 1140. The van der Waals surface area contributed by atoms with E-state index in [9.17, 15) is 13.6 Å². The molecule has 136 valence electrons. The van der Waals surface area contributed by atoms with Gasteiger partial charge in [0.15, 0.2) is 5.65 Å². The predicted octanol–water partition coefficient (Wildman–Crippen LogP) is 5.09. The standard InChI is InChI=1S/C19H13F2N3O2S/c1-10-16-13(17(20)21)9-14(15-3-2-8-27-15)22-18(16)24(23-10)12-6-4-11(5-7-12)19(25)26/h2-9,17H,1H3,(H,25,26). The Labute approximate surface area is 156 Å². The van der Waals surface area contributed by atoms with E-state index in [0.717, 1.165) is 4.88 Å². The maximum Gasteiger partial charge on any atom is 0.335 e. The lowest BCUT2D eigenvalue weighted by Gasteiger charge is -2.08. The van der Waals surface area contributed by atoms with Crippen LogP contribution in [0, 0.1) is 6.92 Å². The predicted molar refractivity (Wildman–Crippen MR) is 98.8 cm³/mol. The number of halogens is 2. The second-order valence-electron chi connectivity index (χ2n) is 5.92. The van der Waals surface area contributed by atoms with E-state index in [-0.39, 0.29) is 11.1 Å². The van der Waals surface area contributed by atoms with Crippen molar-refractivity contribution >= 4 is 28.3 Å². The smallest absolute Gasteiger partial charge is 0.335 e. The first-order valence-corrected chi connectivity index (χ1v) is 8.89. The highest BCUT2D eigenvalue weighted by molar-refractivity contribution is 7.13. The number of thiophene rings is 1. The van der Waals surface area contributed by atoms with Crippen LogP contribution in [-0.2, 0) is 0 Å². The van der Waals surface area contributed by atoms with Gasteiger partial charge in [0, 0.05) is 5.56 Å². The van der Waals surface area contributed by atoms with Gasteiger partial charge in [-0.15, -0.1) is 11.3 Å². The number of benzene rings is 1. The van der Waals surface area contributed by atoms with Gasteiger partial charge in [-0.3, -0.25) is 0 Å². The summed E-state index contributed by atoms with van der Waals surface area (Å²) in [6.45, 7) is 1.66. The van der Waals surface area contributed by atoms with E-state index in [1.807, 2.05) is 17.5 Å². The number of rotatable bonds is 4. The van der Waals surface area contributed by atoms with Gasteiger partial charge in [-0.1, -0.05) is 6.07 Å². The number of carbonyl (C=O) groups is 1. The first kappa shape index (κ1) is 17.3. The Morgan fingerprint density at radius 1 is 1.22 bits per heavy atom. The third kappa shape index (κ3) is 2.97. The van der Waals surface area contributed by atoms with E-state index in [0.29, 0.717) is 28.1 Å². The van der Waals surface area contributed by atoms with Crippen LogP contribution in [0.5, 0.6) is 0 Å². The number of aromatic carboxylic acids is 1. The van der Waals surface area contributed by atoms with Crippen LogP contribution in [0.3, 0.4) is 0 Å². The molecule has 0 bridgehead atoms. The monoisotopic (exact) mass is 385 g/mol. The number of pyridine rings is 1. The van der Waals surface area contributed by atoms with Crippen LogP contribution >= 0.6 is 11.3 Å². The van der Waals surface area contributed by atoms with E-state index in [4.69, 9.17) is 5.11 Å². The van der Waals surface area contributed by atoms with Crippen molar-refractivity contribution < 1.29 is 18.7 Å². The van der Waals surface area contributed by atoms with Crippen LogP contribution < -0.4 is 0 Å². The van der Waals surface area contributed by atoms with E-state index >= 15 is 0 Å². The molecule has 4 aromatic rings. The molecule has 0 atom stereocenters. The number of aryl methyl sites for hydroxylation is 1. The van der Waals surface area contributed by atoms with Crippen LogP contribution in [0.15, 0.2) is 47.8 Å². The Balaban J connectivity index is 1.97. The molecule has 0 amide bonds. The first-order valence-electron chi connectivity index (χ1n) is 8.01. The van der Waals surface area contributed by atoms with Gasteiger partial charge < -0.3 is 5.11 Å². The molecule has 0 saturated heterocycles. The second kappa shape index (κ2) is 6.55. The molecule has 0 saturated carbocycles. The number of hydrogen-bond acceptors (Lipinski definition) is 4.